The molecule has 2 aromatic rings. The monoisotopic (exact) mass is 312 g/mol. The highest BCUT2D eigenvalue weighted by molar-refractivity contribution is 5.17. The quantitative estimate of drug-likeness (QED) is 0.876. The van der Waals surface area contributed by atoms with Crippen LogP contribution >= 0.6 is 0 Å². The molecule has 1 heterocycles. The highest BCUT2D eigenvalue weighted by Gasteiger charge is 2.20. The van der Waals surface area contributed by atoms with Crippen LogP contribution in [0, 0.1) is 5.82 Å². The van der Waals surface area contributed by atoms with E-state index in [1.165, 1.54) is 18.4 Å². The summed E-state index contributed by atoms with van der Waals surface area (Å²) in [5, 5.41) is 3.67. The summed E-state index contributed by atoms with van der Waals surface area (Å²) in [6.07, 6.45) is 3.45. The number of benzene rings is 2. The number of nitrogens with one attached hydrogen (secondary N) is 1. The van der Waals surface area contributed by atoms with Crippen LogP contribution in [0.4, 0.5) is 4.39 Å². The zero-order valence-electron chi connectivity index (χ0n) is 13.5. The van der Waals surface area contributed by atoms with Gasteiger partial charge in [0, 0.05) is 24.7 Å². The van der Waals surface area contributed by atoms with Crippen molar-refractivity contribution in [3.63, 3.8) is 0 Å². The van der Waals surface area contributed by atoms with Crippen LogP contribution in [0.1, 0.15) is 24.0 Å². The second-order valence-corrected chi connectivity index (χ2v) is 6.36. The molecule has 0 aromatic heterocycles. The average molecular weight is 312 g/mol. The third-order valence-corrected chi connectivity index (χ3v) is 4.55. The van der Waals surface area contributed by atoms with Crippen molar-refractivity contribution < 1.29 is 4.39 Å². The minimum absolute atomic E-state index is 0.0911. The van der Waals surface area contributed by atoms with Crippen molar-refractivity contribution in [1.82, 2.24) is 10.2 Å². The van der Waals surface area contributed by atoms with Crippen molar-refractivity contribution in [2.75, 3.05) is 19.6 Å². The van der Waals surface area contributed by atoms with E-state index < -0.39 is 0 Å². The van der Waals surface area contributed by atoms with E-state index in [1.807, 2.05) is 12.1 Å². The van der Waals surface area contributed by atoms with Gasteiger partial charge < -0.3 is 5.32 Å². The summed E-state index contributed by atoms with van der Waals surface area (Å²) in [6.45, 7) is 3.78. The average Bonchev–Trinajstić information content (AvgIpc) is 2.58. The lowest BCUT2D eigenvalue weighted by molar-refractivity contribution is 0.182. The molecule has 1 saturated heterocycles. The molecule has 1 fully saturated rings. The van der Waals surface area contributed by atoms with Crippen LogP contribution in [0.15, 0.2) is 54.6 Å². The van der Waals surface area contributed by atoms with Gasteiger partial charge in [0.05, 0.1) is 0 Å². The lowest BCUT2D eigenvalue weighted by atomic mass is 10.0. The van der Waals surface area contributed by atoms with Crippen molar-refractivity contribution in [1.29, 1.82) is 0 Å². The second-order valence-electron chi connectivity index (χ2n) is 6.36. The molecule has 3 heteroatoms. The van der Waals surface area contributed by atoms with Gasteiger partial charge in [0.2, 0.25) is 0 Å². The predicted octanol–water partition coefficient (Wildman–Crippen LogP) is 3.62. The molecule has 122 valence electrons. The molecular weight excluding hydrogens is 287 g/mol. The highest BCUT2D eigenvalue weighted by Crippen LogP contribution is 2.15. The normalized spacial score (nSPS) is 18.9. The maximum atomic E-state index is 13.8. The second kappa shape index (κ2) is 8.23. The minimum Gasteiger partial charge on any atom is -0.312 e. The van der Waals surface area contributed by atoms with Crippen molar-refractivity contribution >= 4 is 0 Å². The maximum Gasteiger partial charge on any atom is 0.127 e. The topological polar surface area (TPSA) is 15.3 Å². The van der Waals surface area contributed by atoms with Gasteiger partial charge in [-0.3, -0.25) is 4.90 Å². The van der Waals surface area contributed by atoms with Gasteiger partial charge in [-0.15, -0.1) is 0 Å². The van der Waals surface area contributed by atoms with Crippen LogP contribution in [0.3, 0.4) is 0 Å². The SMILES string of the molecule is Fc1ccccc1CN1CCC[C@@H](NCCc2ccccc2)C1. The summed E-state index contributed by atoms with van der Waals surface area (Å²) < 4.78 is 13.8. The Morgan fingerprint density at radius 1 is 1.04 bits per heavy atom. The number of hydrogen-bond donors (Lipinski definition) is 1. The molecule has 0 radical (unpaired) electrons. The van der Waals surface area contributed by atoms with E-state index in [4.69, 9.17) is 0 Å². The number of hydrogen-bond acceptors (Lipinski definition) is 2. The van der Waals surface area contributed by atoms with E-state index in [0.29, 0.717) is 12.6 Å². The number of nitrogens with zero attached hydrogens (tertiary/aromatic N) is 1. The molecule has 0 amide bonds. The van der Waals surface area contributed by atoms with E-state index >= 15 is 0 Å². The Morgan fingerprint density at radius 3 is 2.65 bits per heavy atom. The van der Waals surface area contributed by atoms with Crippen molar-refractivity contribution in [3.05, 3.63) is 71.5 Å². The summed E-state index contributed by atoms with van der Waals surface area (Å²) in [5.74, 6) is -0.0911. The first kappa shape index (κ1) is 16.2. The molecule has 0 bridgehead atoms. The zero-order valence-corrected chi connectivity index (χ0v) is 13.5. The van der Waals surface area contributed by atoms with E-state index in [0.717, 1.165) is 31.6 Å². The number of piperidine rings is 1. The first-order valence-corrected chi connectivity index (χ1v) is 8.54. The first-order chi connectivity index (χ1) is 11.3. The molecule has 0 saturated carbocycles. The molecule has 2 aromatic carbocycles. The van der Waals surface area contributed by atoms with Gasteiger partial charge >= 0.3 is 0 Å². The largest absolute Gasteiger partial charge is 0.312 e. The Kier molecular flexibility index (Phi) is 5.78. The van der Waals surface area contributed by atoms with Crippen molar-refractivity contribution in [2.45, 2.75) is 31.8 Å². The third kappa shape index (κ3) is 4.88. The highest BCUT2D eigenvalue weighted by atomic mass is 19.1. The van der Waals surface area contributed by atoms with Gasteiger partial charge in [-0.1, -0.05) is 48.5 Å². The number of halogens is 1. The van der Waals surface area contributed by atoms with Crippen molar-refractivity contribution in [3.8, 4) is 0 Å². The Labute approximate surface area is 138 Å². The van der Waals surface area contributed by atoms with Gasteiger partial charge in [-0.05, 0) is 44.0 Å². The van der Waals surface area contributed by atoms with Crippen LogP contribution in [-0.2, 0) is 13.0 Å². The molecule has 0 unspecified atom stereocenters. The molecule has 1 aliphatic rings. The van der Waals surface area contributed by atoms with Gasteiger partial charge in [-0.25, -0.2) is 4.39 Å². The molecule has 1 N–H and O–H groups in total. The molecule has 0 aliphatic carbocycles. The van der Waals surface area contributed by atoms with Gasteiger partial charge in [0.25, 0.3) is 0 Å². The van der Waals surface area contributed by atoms with Crippen LogP contribution in [0.25, 0.3) is 0 Å². The van der Waals surface area contributed by atoms with E-state index in [9.17, 15) is 4.39 Å². The van der Waals surface area contributed by atoms with E-state index in [-0.39, 0.29) is 5.82 Å². The van der Waals surface area contributed by atoms with Crippen LogP contribution in [0.2, 0.25) is 0 Å². The third-order valence-electron chi connectivity index (χ3n) is 4.55. The zero-order chi connectivity index (χ0) is 15.9. The fourth-order valence-electron chi connectivity index (χ4n) is 3.30. The maximum absolute atomic E-state index is 13.8. The lowest BCUT2D eigenvalue weighted by Gasteiger charge is -2.33. The van der Waals surface area contributed by atoms with Gasteiger partial charge in [-0.2, -0.15) is 0 Å². The Bertz CT molecular complexity index is 600. The molecular formula is C20H25FN2. The molecule has 1 aliphatic heterocycles. The lowest BCUT2D eigenvalue weighted by Crippen LogP contribution is -2.45. The summed E-state index contributed by atoms with van der Waals surface area (Å²) in [4.78, 5) is 2.36. The molecule has 0 spiro atoms. The van der Waals surface area contributed by atoms with Crippen molar-refractivity contribution in [2.24, 2.45) is 0 Å². The molecule has 23 heavy (non-hydrogen) atoms. The number of likely N-dealkylation sites (tertiary alicyclic amines) is 1. The van der Waals surface area contributed by atoms with Crippen LogP contribution in [0.5, 0.6) is 0 Å². The summed E-state index contributed by atoms with van der Waals surface area (Å²) in [6, 6.07) is 18.2. The molecule has 2 nitrogen and oxygen atoms in total. The standard InChI is InChI=1S/C20H25FN2/c21-20-11-5-4-9-18(20)15-23-14-6-10-19(16-23)22-13-12-17-7-2-1-3-8-17/h1-5,7-9,11,19,22H,6,10,12-16H2/t19-/m1/s1. The fourth-order valence-corrected chi connectivity index (χ4v) is 3.30. The van der Waals surface area contributed by atoms with Crippen LogP contribution < -0.4 is 5.32 Å². The fraction of sp³-hybridized carbons (Fsp3) is 0.400. The Morgan fingerprint density at radius 2 is 1.83 bits per heavy atom. The Hall–Kier alpha value is -1.71. The first-order valence-electron chi connectivity index (χ1n) is 8.54. The number of rotatable bonds is 6. The van der Waals surface area contributed by atoms with E-state index in [2.05, 4.69) is 40.5 Å². The minimum atomic E-state index is -0.0911. The van der Waals surface area contributed by atoms with Gasteiger partial charge in [0.15, 0.2) is 0 Å². The molecule has 3 rings (SSSR count). The van der Waals surface area contributed by atoms with Crippen LogP contribution in [-0.4, -0.2) is 30.6 Å². The predicted molar refractivity (Wildman–Crippen MR) is 92.8 cm³/mol. The molecule has 1 atom stereocenters. The Balaban J connectivity index is 1.46. The summed E-state index contributed by atoms with van der Waals surface area (Å²) >= 11 is 0. The van der Waals surface area contributed by atoms with E-state index in [1.54, 1.807) is 12.1 Å². The summed E-state index contributed by atoms with van der Waals surface area (Å²) in [7, 11) is 0. The summed E-state index contributed by atoms with van der Waals surface area (Å²) in [5.41, 5.74) is 2.18. The smallest absolute Gasteiger partial charge is 0.127 e. The van der Waals surface area contributed by atoms with Gasteiger partial charge in [0.1, 0.15) is 5.82 Å².